The van der Waals surface area contributed by atoms with Crippen LogP contribution in [0.1, 0.15) is 44.1 Å². The summed E-state index contributed by atoms with van der Waals surface area (Å²) in [5.41, 5.74) is 1.58. The van der Waals surface area contributed by atoms with E-state index in [1.54, 1.807) is 7.11 Å². The number of rotatable bonds is 5. The molecule has 0 saturated heterocycles. The average Bonchev–Trinajstić information content (AvgIpc) is 2.65. The zero-order valence-electron chi connectivity index (χ0n) is 12.1. The molecule has 1 aliphatic carbocycles. The van der Waals surface area contributed by atoms with Crippen LogP contribution >= 0.6 is 15.9 Å². The Morgan fingerprint density at radius 1 is 1.25 bits per heavy atom. The molecule has 0 radical (unpaired) electrons. The van der Waals surface area contributed by atoms with Crippen LogP contribution in [0.15, 0.2) is 22.7 Å². The molecule has 0 heterocycles. The molecule has 2 rings (SSSR count). The van der Waals surface area contributed by atoms with Crippen molar-refractivity contribution >= 4 is 21.6 Å². The molecule has 0 atom stereocenters. The maximum Gasteiger partial charge on any atom is 0.0819 e. The van der Waals surface area contributed by atoms with E-state index in [1.165, 1.54) is 12.8 Å². The lowest BCUT2D eigenvalue weighted by atomic mass is 9.94. The Morgan fingerprint density at radius 2 is 1.95 bits per heavy atom. The Labute approximate surface area is 129 Å². The van der Waals surface area contributed by atoms with Gasteiger partial charge < -0.3 is 15.2 Å². The first kappa shape index (κ1) is 15.8. The van der Waals surface area contributed by atoms with Gasteiger partial charge in [0.25, 0.3) is 0 Å². The summed E-state index contributed by atoms with van der Waals surface area (Å²) in [6.07, 6.45) is 6.53. The molecule has 0 aromatic heterocycles. The lowest BCUT2D eigenvalue weighted by Gasteiger charge is -2.28. The molecule has 0 bridgehead atoms. The van der Waals surface area contributed by atoms with E-state index in [9.17, 15) is 5.11 Å². The summed E-state index contributed by atoms with van der Waals surface area (Å²) >= 11 is 3.56. The molecule has 3 nitrogen and oxygen atoms in total. The molecule has 1 saturated carbocycles. The molecule has 0 unspecified atom stereocenters. The minimum absolute atomic E-state index is 0.558. The highest BCUT2D eigenvalue weighted by molar-refractivity contribution is 9.10. The monoisotopic (exact) mass is 341 g/mol. The van der Waals surface area contributed by atoms with Crippen molar-refractivity contribution in [2.45, 2.75) is 50.7 Å². The molecule has 0 amide bonds. The first-order valence-corrected chi connectivity index (χ1v) is 8.16. The maximum atomic E-state index is 10.7. The quantitative estimate of drug-likeness (QED) is 0.792. The Morgan fingerprint density at radius 3 is 2.60 bits per heavy atom. The molecule has 1 aromatic rings. The van der Waals surface area contributed by atoms with Gasteiger partial charge >= 0.3 is 0 Å². The smallest absolute Gasteiger partial charge is 0.0819 e. The summed E-state index contributed by atoms with van der Waals surface area (Å²) in [4.78, 5) is 0. The molecule has 20 heavy (non-hydrogen) atoms. The lowest BCUT2D eigenvalue weighted by molar-refractivity contribution is 0.0381. The fraction of sp³-hybridized carbons (Fsp3) is 0.625. The fourth-order valence-electron chi connectivity index (χ4n) is 2.84. The number of anilines is 1. The van der Waals surface area contributed by atoms with Crippen molar-refractivity contribution in [1.82, 2.24) is 0 Å². The lowest BCUT2D eigenvalue weighted by Crippen LogP contribution is -2.36. The van der Waals surface area contributed by atoms with Crippen LogP contribution in [0.25, 0.3) is 0 Å². The number of hydrogen-bond donors (Lipinski definition) is 2. The average molecular weight is 342 g/mol. The van der Waals surface area contributed by atoms with E-state index in [0.717, 1.165) is 41.4 Å². The molecular weight excluding hydrogens is 318 g/mol. The Balaban J connectivity index is 2.04. The van der Waals surface area contributed by atoms with Crippen molar-refractivity contribution < 1.29 is 9.84 Å². The molecule has 1 fully saturated rings. The summed E-state index contributed by atoms with van der Waals surface area (Å²) < 4.78 is 6.29. The molecular formula is C16H24BrNO2. The van der Waals surface area contributed by atoms with Gasteiger partial charge in [-0.05, 0) is 25.0 Å². The Bertz CT molecular complexity index is 428. The number of methoxy groups -OCH3 is 1. The van der Waals surface area contributed by atoms with Gasteiger partial charge in [-0.2, -0.15) is 0 Å². The molecule has 4 heteroatoms. The normalized spacial score (nSPS) is 18.6. The maximum absolute atomic E-state index is 10.7. The number of nitrogens with one attached hydrogen (secondary N) is 1. The number of halogens is 1. The van der Waals surface area contributed by atoms with Crippen molar-refractivity contribution in [2.75, 3.05) is 19.0 Å². The second kappa shape index (κ2) is 7.43. The third-order valence-electron chi connectivity index (χ3n) is 4.05. The van der Waals surface area contributed by atoms with Gasteiger partial charge in [0, 0.05) is 29.4 Å². The van der Waals surface area contributed by atoms with Gasteiger partial charge in [-0.15, -0.1) is 0 Å². The van der Waals surface area contributed by atoms with Crippen LogP contribution in [0.2, 0.25) is 0 Å². The van der Waals surface area contributed by atoms with E-state index in [-0.39, 0.29) is 0 Å². The highest BCUT2D eigenvalue weighted by Gasteiger charge is 2.27. The van der Waals surface area contributed by atoms with Gasteiger partial charge in [0.05, 0.1) is 12.2 Å². The van der Waals surface area contributed by atoms with Gasteiger partial charge in [-0.1, -0.05) is 47.7 Å². The molecule has 2 N–H and O–H groups in total. The first-order valence-electron chi connectivity index (χ1n) is 7.37. The van der Waals surface area contributed by atoms with Crippen LogP contribution in [-0.2, 0) is 11.3 Å². The number of hydrogen-bond acceptors (Lipinski definition) is 3. The Hall–Kier alpha value is -0.580. The van der Waals surface area contributed by atoms with E-state index >= 15 is 0 Å². The highest BCUT2D eigenvalue weighted by atomic mass is 79.9. The van der Waals surface area contributed by atoms with E-state index in [4.69, 9.17) is 4.74 Å². The highest BCUT2D eigenvalue weighted by Crippen LogP contribution is 2.30. The predicted molar refractivity (Wildman–Crippen MR) is 86.0 cm³/mol. The van der Waals surface area contributed by atoms with Crippen LogP contribution in [-0.4, -0.2) is 24.4 Å². The van der Waals surface area contributed by atoms with Crippen molar-refractivity contribution in [1.29, 1.82) is 0 Å². The van der Waals surface area contributed by atoms with Crippen LogP contribution in [0.5, 0.6) is 0 Å². The number of benzene rings is 1. The van der Waals surface area contributed by atoms with Crippen molar-refractivity contribution in [2.24, 2.45) is 0 Å². The van der Waals surface area contributed by atoms with Crippen LogP contribution in [0.4, 0.5) is 5.69 Å². The molecule has 1 aliphatic rings. The second-order valence-corrected chi connectivity index (χ2v) is 6.55. The SMILES string of the molecule is COCc1c(Br)cccc1NCC1(O)CCCCCC1. The number of ether oxygens (including phenoxy) is 1. The van der Waals surface area contributed by atoms with Crippen molar-refractivity contribution in [3.63, 3.8) is 0 Å². The standard InChI is InChI=1S/C16H24BrNO2/c1-20-11-13-14(17)7-6-8-15(13)18-12-16(19)9-4-2-3-5-10-16/h6-8,18-19H,2-5,9-12H2,1H3. The van der Waals surface area contributed by atoms with E-state index in [1.807, 2.05) is 18.2 Å². The minimum atomic E-state index is -0.566. The van der Waals surface area contributed by atoms with Crippen molar-refractivity contribution in [3.8, 4) is 0 Å². The third-order valence-corrected chi connectivity index (χ3v) is 4.79. The van der Waals surface area contributed by atoms with E-state index in [2.05, 4.69) is 21.2 Å². The van der Waals surface area contributed by atoms with Gasteiger partial charge in [0.1, 0.15) is 0 Å². The molecule has 112 valence electrons. The Kier molecular flexibility index (Phi) is 5.87. The van der Waals surface area contributed by atoms with Crippen LogP contribution in [0, 0.1) is 0 Å². The topological polar surface area (TPSA) is 41.5 Å². The van der Waals surface area contributed by atoms with Crippen molar-refractivity contribution in [3.05, 3.63) is 28.2 Å². The largest absolute Gasteiger partial charge is 0.388 e. The predicted octanol–water partition coefficient (Wildman–Crippen LogP) is 4.09. The summed E-state index contributed by atoms with van der Waals surface area (Å²) in [5.74, 6) is 0. The molecule has 0 aliphatic heterocycles. The first-order chi connectivity index (χ1) is 9.64. The third kappa shape index (κ3) is 4.21. The van der Waals surface area contributed by atoms with Crippen LogP contribution < -0.4 is 5.32 Å². The minimum Gasteiger partial charge on any atom is -0.388 e. The van der Waals surface area contributed by atoms with Gasteiger partial charge in [-0.3, -0.25) is 0 Å². The van der Waals surface area contributed by atoms with E-state index in [0.29, 0.717) is 13.2 Å². The zero-order chi connectivity index (χ0) is 14.4. The summed E-state index contributed by atoms with van der Waals surface area (Å²) in [6.45, 7) is 1.17. The summed E-state index contributed by atoms with van der Waals surface area (Å²) in [5, 5.41) is 14.1. The fourth-order valence-corrected chi connectivity index (χ4v) is 3.32. The van der Waals surface area contributed by atoms with Crippen LogP contribution in [0.3, 0.4) is 0 Å². The van der Waals surface area contributed by atoms with Gasteiger partial charge in [0.2, 0.25) is 0 Å². The second-order valence-electron chi connectivity index (χ2n) is 5.69. The summed E-state index contributed by atoms with van der Waals surface area (Å²) in [6, 6.07) is 6.06. The number of aliphatic hydroxyl groups is 1. The molecule has 1 aromatic carbocycles. The van der Waals surface area contributed by atoms with Gasteiger partial charge in [-0.25, -0.2) is 0 Å². The zero-order valence-corrected chi connectivity index (χ0v) is 13.7. The van der Waals surface area contributed by atoms with Gasteiger partial charge in [0.15, 0.2) is 0 Å². The summed E-state index contributed by atoms with van der Waals surface area (Å²) in [7, 11) is 1.70. The molecule has 0 spiro atoms. The van der Waals surface area contributed by atoms with E-state index < -0.39 is 5.60 Å².